The van der Waals surface area contributed by atoms with Crippen molar-refractivity contribution in [2.75, 3.05) is 0 Å². The number of hydrogen-bond donors (Lipinski definition) is 0. The van der Waals surface area contributed by atoms with Gasteiger partial charge < -0.3 is 4.90 Å². The molecule has 0 radical (unpaired) electrons. The van der Waals surface area contributed by atoms with Crippen molar-refractivity contribution in [3.8, 4) is 0 Å². The summed E-state index contributed by atoms with van der Waals surface area (Å²) in [6, 6.07) is 4.64. The maximum absolute atomic E-state index is 12.2. The van der Waals surface area contributed by atoms with E-state index in [4.69, 9.17) is 0 Å². The fraction of sp³-hybridized carbons (Fsp3) is 0.583. The molecule has 1 saturated heterocycles. The summed E-state index contributed by atoms with van der Waals surface area (Å²) in [5, 5.41) is 1.96. The highest BCUT2D eigenvalue weighted by Crippen LogP contribution is 2.25. The number of nitrogens with zero attached hydrogens (tertiary/aromatic N) is 1. The zero-order chi connectivity index (χ0) is 10.8. The number of hydrogen-bond acceptors (Lipinski definition) is 2. The molecular weight excluding hydrogens is 206 g/mol. The Kier molecular flexibility index (Phi) is 3.10. The normalized spacial score (nSPS) is 26.7. The summed E-state index contributed by atoms with van der Waals surface area (Å²) >= 11 is 1.54. The maximum atomic E-state index is 12.2. The fourth-order valence-corrected chi connectivity index (χ4v) is 3.02. The second kappa shape index (κ2) is 4.35. The molecule has 2 heterocycles. The summed E-state index contributed by atoms with van der Waals surface area (Å²) < 4.78 is 0. The van der Waals surface area contributed by atoms with Crippen LogP contribution in [0.4, 0.5) is 0 Å². The van der Waals surface area contributed by atoms with Gasteiger partial charge in [-0.3, -0.25) is 4.79 Å². The minimum atomic E-state index is 0.213. The number of rotatable bonds is 1. The Labute approximate surface area is 94.9 Å². The molecule has 2 rings (SSSR count). The highest BCUT2D eigenvalue weighted by Gasteiger charge is 2.29. The standard InChI is InChI=1S/C12H17NOS/c1-9-5-3-6-10(2)13(9)12(14)11-7-4-8-15-11/h4,7-10H,3,5-6H2,1-2H3. The number of thiophene rings is 1. The van der Waals surface area contributed by atoms with E-state index in [2.05, 4.69) is 18.7 Å². The van der Waals surface area contributed by atoms with Gasteiger partial charge in [0.2, 0.25) is 0 Å². The molecule has 0 aromatic carbocycles. The van der Waals surface area contributed by atoms with Crippen LogP contribution >= 0.6 is 11.3 Å². The molecule has 15 heavy (non-hydrogen) atoms. The second-order valence-electron chi connectivity index (χ2n) is 4.32. The van der Waals surface area contributed by atoms with E-state index in [0.717, 1.165) is 17.7 Å². The number of amides is 1. The SMILES string of the molecule is CC1CCCC(C)N1C(=O)c1cccs1. The van der Waals surface area contributed by atoms with Gasteiger partial charge in [0.15, 0.2) is 0 Å². The largest absolute Gasteiger partial charge is 0.333 e. The van der Waals surface area contributed by atoms with Gasteiger partial charge in [0.05, 0.1) is 4.88 Å². The number of carbonyl (C=O) groups is 1. The molecule has 1 aromatic heterocycles. The molecule has 1 aliphatic rings. The maximum Gasteiger partial charge on any atom is 0.264 e. The molecule has 3 heteroatoms. The van der Waals surface area contributed by atoms with Crippen molar-refractivity contribution < 1.29 is 4.79 Å². The van der Waals surface area contributed by atoms with Crippen LogP contribution in [0.2, 0.25) is 0 Å². The Hall–Kier alpha value is -0.830. The number of likely N-dealkylation sites (tertiary alicyclic amines) is 1. The molecule has 0 N–H and O–H groups in total. The van der Waals surface area contributed by atoms with E-state index in [-0.39, 0.29) is 5.91 Å². The first-order valence-electron chi connectivity index (χ1n) is 5.56. The van der Waals surface area contributed by atoms with Crippen molar-refractivity contribution in [1.29, 1.82) is 0 Å². The molecule has 2 atom stereocenters. The fourth-order valence-electron chi connectivity index (χ4n) is 2.35. The van der Waals surface area contributed by atoms with Crippen molar-refractivity contribution in [2.45, 2.75) is 45.2 Å². The Balaban J connectivity index is 2.17. The van der Waals surface area contributed by atoms with Crippen molar-refractivity contribution in [2.24, 2.45) is 0 Å². The first kappa shape index (κ1) is 10.7. The van der Waals surface area contributed by atoms with Gasteiger partial charge in [-0.05, 0) is 44.6 Å². The third-order valence-electron chi connectivity index (χ3n) is 3.16. The van der Waals surface area contributed by atoms with Gasteiger partial charge in [0.1, 0.15) is 0 Å². The molecule has 1 aliphatic heterocycles. The lowest BCUT2D eigenvalue weighted by Gasteiger charge is -2.38. The predicted molar refractivity (Wildman–Crippen MR) is 63.3 cm³/mol. The second-order valence-corrected chi connectivity index (χ2v) is 5.27. The van der Waals surface area contributed by atoms with E-state index in [1.165, 1.54) is 17.8 Å². The lowest BCUT2D eigenvalue weighted by molar-refractivity contribution is 0.0516. The highest BCUT2D eigenvalue weighted by atomic mass is 32.1. The molecule has 0 spiro atoms. The molecular formula is C12H17NOS. The number of piperidine rings is 1. The van der Waals surface area contributed by atoms with Gasteiger partial charge in [0.25, 0.3) is 5.91 Å². The molecule has 2 nitrogen and oxygen atoms in total. The molecule has 82 valence electrons. The monoisotopic (exact) mass is 223 g/mol. The Morgan fingerprint density at radius 3 is 2.60 bits per heavy atom. The Bertz CT molecular complexity index is 323. The van der Waals surface area contributed by atoms with Crippen molar-refractivity contribution in [3.63, 3.8) is 0 Å². The van der Waals surface area contributed by atoms with Gasteiger partial charge in [-0.1, -0.05) is 6.07 Å². The Morgan fingerprint density at radius 1 is 1.40 bits per heavy atom. The third kappa shape index (κ3) is 2.07. The van der Waals surface area contributed by atoms with Crippen LogP contribution in [0.3, 0.4) is 0 Å². The van der Waals surface area contributed by atoms with Crippen LogP contribution in [0.5, 0.6) is 0 Å². The summed E-state index contributed by atoms with van der Waals surface area (Å²) in [5.74, 6) is 0.213. The summed E-state index contributed by atoms with van der Waals surface area (Å²) in [5.41, 5.74) is 0. The van der Waals surface area contributed by atoms with Gasteiger partial charge >= 0.3 is 0 Å². The number of carbonyl (C=O) groups excluding carboxylic acids is 1. The van der Waals surface area contributed by atoms with Crippen molar-refractivity contribution >= 4 is 17.2 Å². The van der Waals surface area contributed by atoms with E-state index >= 15 is 0 Å². The van der Waals surface area contributed by atoms with Crippen LogP contribution in [0.1, 0.15) is 42.8 Å². The summed E-state index contributed by atoms with van der Waals surface area (Å²) in [7, 11) is 0. The van der Waals surface area contributed by atoms with Gasteiger partial charge in [-0.15, -0.1) is 11.3 Å². The first-order valence-corrected chi connectivity index (χ1v) is 6.44. The minimum Gasteiger partial charge on any atom is -0.333 e. The summed E-state index contributed by atoms with van der Waals surface area (Å²) in [6.45, 7) is 4.31. The molecule has 0 aliphatic carbocycles. The quantitative estimate of drug-likeness (QED) is 0.716. The third-order valence-corrected chi connectivity index (χ3v) is 4.02. The van der Waals surface area contributed by atoms with Crippen molar-refractivity contribution in [3.05, 3.63) is 22.4 Å². The van der Waals surface area contributed by atoms with E-state index in [1.807, 2.05) is 17.5 Å². The molecule has 2 unspecified atom stereocenters. The Morgan fingerprint density at radius 2 is 2.07 bits per heavy atom. The first-order chi connectivity index (χ1) is 7.20. The van der Waals surface area contributed by atoms with Gasteiger partial charge in [-0.25, -0.2) is 0 Å². The summed E-state index contributed by atoms with van der Waals surface area (Å²) in [6.07, 6.45) is 3.53. The van der Waals surface area contributed by atoms with Crippen LogP contribution in [0.15, 0.2) is 17.5 Å². The average molecular weight is 223 g/mol. The summed E-state index contributed by atoms with van der Waals surface area (Å²) in [4.78, 5) is 15.1. The molecule has 1 amide bonds. The smallest absolute Gasteiger partial charge is 0.264 e. The molecule has 1 aromatic rings. The van der Waals surface area contributed by atoms with Crippen molar-refractivity contribution in [1.82, 2.24) is 4.90 Å². The van der Waals surface area contributed by atoms with Crippen LogP contribution in [-0.4, -0.2) is 22.9 Å². The van der Waals surface area contributed by atoms with Crippen LogP contribution < -0.4 is 0 Å². The van der Waals surface area contributed by atoms with E-state index in [1.54, 1.807) is 0 Å². The van der Waals surface area contributed by atoms with E-state index in [0.29, 0.717) is 12.1 Å². The molecule has 0 saturated carbocycles. The topological polar surface area (TPSA) is 20.3 Å². The van der Waals surface area contributed by atoms with Crippen LogP contribution in [0, 0.1) is 0 Å². The van der Waals surface area contributed by atoms with Crippen LogP contribution in [-0.2, 0) is 0 Å². The highest BCUT2D eigenvalue weighted by molar-refractivity contribution is 7.12. The lowest BCUT2D eigenvalue weighted by atomic mass is 9.97. The zero-order valence-electron chi connectivity index (χ0n) is 9.27. The minimum absolute atomic E-state index is 0.213. The van der Waals surface area contributed by atoms with Gasteiger partial charge in [-0.2, -0.15) is 0 Å². The van der Waals surface area contributed by atoms with E-state index in [9.17, 15) is 4.79 Å². The van der Waals surface area contributed by atoms with Crippen LogP contribution in [0.25, 0.3) is 0 Å². The molecule has 1 fully saturated rings. The predicted octanol–water partition coefficient (Wildman–Crippen LogP) is 3.15. The van der Waals surface area contributed by atoms with E-state index < -0.39 is 0 Å². The zero-order valence-corrected chi connectivity index (χ0v) is 10.1. The average Bonchev–Trinajstić information content (AvgIpc) is 2.69. The van der Waals surface area contributed by atoms with Gasteiger partial charge in [0, 0.05) is 12.1 Å². The lowest BCUT2D eigenvalue weighted by Crippen LogP contribution is -2.47. The molecule has 0 bridgehead atoms.